The Kier molecular flexibility index (Phi) is 7.10. The molecule has 1 atom stereocenters. The summed E-state index contributed by atoms with van der Waals surface area (Å²) < 4.78 is 33.0. The van der Waals surface area contributed by atoms with Crippen molar-refractivity contribution in [2.45, 2.75) is 17.9 Å². The fraction of sp³-hybridized carbons (Fsp3) is 0.125. The van der Waals surface area contributed by atoms with E-state index in [-0.39, 0.29) is 16.8 Å². The molecule has 3 aromatic rings. The smallest absolute Gasteiger partial charge is 0.262 e. The Morgan fingerprint density at radius 1 is 0.935 bits per heavy atom. The molecular weight excluding hydrogens is 412 g/mol. The SMILES string of the molecule is COc1ccccc1NS(=O)(=O)c1ccc(/C=C/C(=O)NC(C)c2ccccc2)cc1. The molecule has 0 bridgehead atoms. The van der Waals surface area contributed by atoms with Crippen molar-refractivity contribution in [2.75, 3.05) is 11.8 Å². The number of carbonyl (C=O) groups is 1. The van der Waals surface area contributed by atoms with Crippen molar-refractivity contribution in [3.63, 3.8) is 0 Å². The van der Waals surface area contributed by atoms with Crippen LogP contribution in [0.25, 0.3) is 6.08 Å². The molecule has 31 heavy (non-hydrogen) atoms. The molecule has 0 radical (unpaired) electrons. The summed E-state index contributed by atoms with van der Waals surface area (Å²) in [7, 11) is -2.30. The molecule has 6 nitrogen and oxygen atoms in total. The number of rotatable bonds is 8. The van der Waals surface area contributed by atoms with E-state index < -0.39 is 10.0 Å². The zero-order chi connectivity index (χ0) is 22.3. The third-order valence-corrected chi connectivity index (χ3v) is 6.01. The molecule has 0 saturated carbocycles. The lowest BCUT2D eigenvalue weighted by atomic mass is 10.1. The standard InChI is InChI=1S/C24H24N2O4S/c1-18(20-8-4-3-5-9-20)25-24(27)17-14-19-12-15-21(16-13-19)31(28,29)26-22-10-6-7-11-23(22)30-2/h3-18,26H,1-2H3,(H,25,27)/b17-14+. The Bertz CT molecular complexity index is 1160. The van der Waals surface area contributed by atoms with Crippen molar-refractivity contribution in [3.05, 3.63) is 96.1 Å². The topological polar surface area (TPSA) is 84.5 Å². The molecule has 0 fully saturated rings. The van der Waals surface area contributed by atoms with Crippen molar-refractivity contribution in [2.24, 2.45) is 0 Å². The second-order valence-corrected chi connectivity index (χ2v) is 8.53. The highest BCUT2D eigenvalue weighted by molar-refractivity contribution is 7.92. The lowest BCUT2D eigenvalue weighted by Crippen LogP contribution is -2.24. The van der Waals surface area contributed by atoms with E-state index in [0.717, 1.165) is 5.56 Å². The summed E-state index contributed by atoms with van der Waals surface area (Å²) in [5.41, 5.74) is 2.08. The minimum atomic E-state index is -3.77. The number of methoxy groups -OCH3 is 1. The number of nitrogens with one attached hydrogen (secondary N) is 2. The van der Waals surface area contributed by atoms with E-state index in [1.54, 1.807) is 42.5 Å². The second kappa shape index (κ2) is 9.95. The summed E-state index contributed by atoms with van der Waals surface area (Å²) in [6.45, 7) is 1.91. The van der Waals surface area contributed by atoms with E-state index in [1.807, 2.05) is 37.3 Å². The minimum absolute atomic E-state index is 0.109. The number of para-hydroxylation sites is 2. The summed E-state index contributed by atoms with van der Waals surface area (Å²) in [6.07, 6.45) is 3.06. The molecule has 0 aromatic heterocycles. The number of hydrogen-bond acceptors (Lipinski definition) is 4. The van der Waals surface area contributed by atoms with Gasteiger partial charge in [0, 0.05) is 6.08 Å². The van der Waals surface area contributed by atoms with Gasteiger partial charge in [0.2, 0.25) is 5.91 Å². The van der Waals surface area contributed by atoms with Crippen LogP contribution in [-0.4, -0.2) is 21.4 Å². The molecule has 3 rings (SSSR count). The molecule has 0 aliphatic rings. The van der Waals surface area contributed by atoms with Crippen LogP contribution in [0.5, 0.6) is 5.75 Å². The maximum Gasteiger partial charge on any atom is 0.262 e. The maximum atomic E-state index is 12.7. The summed E-state index contributed by atoms with van der Waals surface area (Å²) in [6, 6.07) is 22.6. The van der Waals surface area contributed by atoms with Gasteiger partial charge < -0.3 is 10.1 Å². The van der Waals surface area contributed by atoms with Gasteiger partial charge in [-0.15, -0.1) is 0 Å². The quantitative estimate of drug-likeness (QED) is 0.513. The number of hydrogen-bond donors (Lipinski definition) is 2. The molecule has 0 saturated heterocycles. The number of ether oxygens (including phenoxy) is 1. The van der Waals surface area contributed by atoms with Gasteiger partial charge in [-0.3, -0.25) is 9.52 Å². The van der Waals surface area contributed by atoms with Gasteiger partial charge in [-0.2, -0.15) is 0 Å². The summed E-state index contributed by atoms with van der Waals surface area (Å²) in [5, 5.41) is 2.90. The van der Waals surface area contributed by atoms with Crippen molar-refractivity contribution in [1.82, 2.24) is 5.32 Å². The molecule has 7 heteroatoms. The summed E-state index contributed by atoms with van der Waals surface area (Å²) in [4.78, 5) is 12.3. The van der Waals surface area contributed by atoms with Gasteiger partial charge in [0.05, 0.1) is 23.7 Å². The second-order valence-electron chi connectivity index (χ2n) is 6.85. The van der Waals surface area contributed by atoms with E-state index >= 15 is 0 Å². The molecule has 160 valence electrons. The number of benzene rings is 3. The lowest BCUT2D eigenvalue weighted by molar-refractivity contribution is -0.117. The van der Waals surface area contributed by atoms with Crippen molar-refractivity contribution in [1.29, 1.82) is 0 Å². The van der Waals surface area contributed by atoms with E-state index in [1.165, 1.54) is 25.3 Å². The lowest BCUT2D eigenvalue weighted by Gasteiger charge is -2.12. The van der Waals surface area contributed by atoms with Gasteiger partial charge >= 0.3 is 0 Å². The first-order valence-electron chi connectivity index (χ1n) is 9.68. The Morgan fingerprint density at radius 3 is 2.26 bits per heavy atom. The van der Waals surface area contributed by atoms with Gasteiger partial charge in [-0.25, -0.2) is 8.42 Å². The Hall–Kier alpha value is -3.58. The van der Waals surface area contributed by atoms with Gasteiger partial charge in [0.25, 0.3) is 10.0 Å². The molecule has 1 amide bonds. The van der Waals surface area contributed by atoms with Crippen molar-refractivity contribution < 1.29 is 17.9 Å². The fourth-order valence-electron chi connectivity index (χ4n) is 2.95. The zero-order valence-electron chi connectivity index (χ0n) is 17.3. The van der Waals surface area contributed by atoms with Crippen molar-refractivity contribution in [3.8, 4) is 5.75 Å². The molecule has 3 aromatic carbocycles. The van der Waals surface area contributed by atoms with Gasteiger partial charge in [0.15, 0.2) is 0 Å². The highest BCUT2D eigenvalue weighted by Gasteiger charge is 2.16. The van der Waals surface area contributed by atoms with Crippen molar-refractivity contribution >= 4 is 27.7 Å². The molecule has 0 aliphatic heterocycles. The third kappa shape index (κ3) is 5.96. The molecule has 0 aliphatic carbocycles. The first-order chi connectivity index (χ1) is 14.9. The van der Waals surface area contributed by atoms with Crippen LogP contribution in [0, 0.1) is 0 Å². The monoisotopic (exact) mass is 436 g/mol. The van der Waals surface area contributed by atoms with Crippen LogP contribution in [0.4, 0.5) is 5.69 Å². The molecule has 1 unspecified atom stereocenters. The van der Waals surface area contributed by atoms with Crippen LogP contribution < -0.4 is 14.8 Å². The average Bonchev–Trinajstić information content (AvgIpc) is 2.78. The number of sulfonamides is 1. The van der Waals surface area contributed by atoms with E-state index in [9.17, 15) is 13.2 Å². The van der Waals surface area contributed by atoms with Crippen LogP contribution in [0.15, 0.2) is 89.8 Å². The first-order valence-corrected chi connectivity index (χ1v) is 11.2. The Morgan fingerprint density at radius 2 is 1.58 bits per heavy atom. The molecule has 0 spiro atoms. The molecule has 0 heterocycles. The number of anilines is 1. The predicted octanol–water partition coefficient (Wildman–Crippen LogP) is 4.39. The van der Waals surface area contributed by atoms with Crippen LogP contribution in [0.1, 0.15) is 24.1 Å². The van der Waals surface area contributed by atoms with E-state index in [2.05, 4.69) is 10.0 Å². The van der Waals surface area contributed by atoms with Crippen LogP contribution >= 0.6 is 0 Å². The Balaban J connectivity index is 1.64. The highest BCUT2D eigenvalue weighted by atomic mass is 32.2. The van der Waals surface area contributed by atoms with Gasteiger partial charge in [0.1, 0.15) is 5.75 Å². The zero-order valence-corrected chi connectivity index (χ0v) is 18.1. The third-order valence-electron chi connectivity index (χ3n) is 4.63. The number of amides is 1. The van der Waals surface area contributed by atoms with E-state index in [0.29, 0.717) is 17.0 Å². The summed E-state index contributed by atoms with van der Waals surface area (Å²) in [5.74, 6) is 0.201. The predicted molar refractivity (Wildman–Crippen MR) is 122 cm³/mol. The normalized spacial score (nSPS) is 12.3. The molecule has 2 N–H and O–H groups in total. The van der Waals surface area contributed by atoms with Crippen LogP contribution in [-0.2, 0) is 14.8 Å². The fourth-order valence-corrected chi connectivity index (χ4v) is 4.02. The van der Waals surface area contributed by atoms with Gasteiger partial charge in [-0.1, -0.05) is 54.6 Å². The average molecular weight is 437 g/mol. The Labute approximate surface area is 182 Å². The largest absolute Gasteiger partial charge is 0.495 e. The highest BCUT2D eigenvalue weighted by Crippen LogP contribution is 2.26. The van der Waals surface area contributed by atoms with Crippen LogP contribution in [0.2, 0.25) is 0 Å². The van der Waals surface area contributed by atoms with E-state index in [4.69, 9.17) is 4.74 Å². The first kappa shape index (κ1) is 22.1. The summed E-state index contributed by atoms with van der Waals surface area (Å²) >= 11 is 0. The number of carbonyl (C=O) groups excluding carboxylic acids is 1. The van der Waals surface area contributed by atoms with Crippen LogP contribution in [0.3, 0.4) is 0 Å². The molecular formula is C24H24N2O4S. The minimum Gasteiger partial charge on any atom is -0.495 e. The van der Waals surface area contributed by atoms with Gasteiger partial charge in [-0.05, 0) is 48.4 Å². The maximum absolute atomic E-state index is 12.7.